The van der Waals surface area contributed by atoms with Gasteiger partial charge in [-0.1, -0.05) is 12.1 Å². The second kappa shape index (κ2) is 6.23. The largest absolute Gasteiger partial charge is 0.270 e. The third kappa shape index (κ3) is 3.16. The summed E-state index contributed by atoms with van der Waals surface area (Å²) in [7, 11) is 0. The Morgan fingerprint density at radius 1 is 1.39 bits per heavy atom. The fourth-order valence-corrected chi connectivity index (χ4v) is 2.00. The van der Waals surface area contributed by atoms with E-state index in [0.717, 1.165) is 0 Å². The molecular formula is C13H9N7O2S. The van der Waals surface area contributed by atoms with Crippen molar-refractivity contribution in [2.75, 3.05) is 0 Å². The van der Waals surface area contributed by atoms with Crippen LogP contribution in [0, 0.1) is 14.9 Å². The third-order valence-corrected chi connectivity index (χ3v) is 3.11. The van der Waals surface area contributed by atoms with E-state index in [1.165, 1.54) is 35.4 Å². The zero-order valence-electron chi connectivity index (χ0n) is 11.5. The van der Waals surface area contributed by atoms with Crippen LogP contribution in [0.4, 0.5) is 5.69 Å². The molecule has 1 N–H and O–H groups in total. The number of nitro groups is 1. The molecule has 1 aromatic carbocycles. The molecule has 10 heteroatoms. The predicted molar refractivity (Wildman–Crippen MR) is 84.5 cm³/mol. The number of aromatic nitrogens is 5. The lowest BCUT2D eigenvalue weighted by atomic mass is 10.2. The number of nitrogens with zero attached hydrogens (tertiary/aromatic N) is 6. The van der Waals surface area contributed by atoms with Gasteiger partial charge >= 0.3 is 0 Å². The fourth-order valence-electron chi connectivity index (χ4n) is 1.82. The van der Waals surface area contributed by atoms with Crippen molar-refractivity contribution in [1.82, 2.24) is 24.8 Å². The standard InChI is InChI=1S/C13H9N7O2S/c21-20(22)10-3-1-2-9(6-10)7-16-19-12(17-18-13(19)23)11-8-14-4-5-15-11/h1-8H,(H,18,23)/b16-7+. The highest BCUT2D eigenvalue weighted by Gasteiger charge is 2.09. The Kier molecular flexibility index (Phi) is 3.97. The van der Waals surface area contributed by atoms with Gasteiger partial charge < -0.3 is 0 Å². The second-order valence-corrected chi connectivity index (χ2v) is 4.74. The zero-order valence-corrected chi connectivity index (χ0v) is 12.3. The van der Waals surface area contributed by atoms with Crippen molar-refractivity contribution in [3.05, 3.63) is 63.3 Å². The molecule has 0 amide bonds. The first-order valence-electron chi connectivity index (χ1n) is 6.38. The van der Waals surface area contributed by atoms with Gasteiger partial charge in [0.05, 0.1) is 17.3 Å². The van der Waals surface area contributed by atoms with Crippen LogP contribution in [0.1, 0.15) is 5.56 Å². The van der Waals surface area contributed by atoms with Crippen LogP contribution in [0.15, 0.2) is 48.0 Å². The molecule has 0 bridgehead atoms. The van der Waals surface area contributed by atoms with Crippen LogP contribution in [0.5, 0.6) is 0 Å². The Bertz CT molecular complexity index is 933. The van der Waals surface area contributed by atoms with Gasteiger partial charge in [-0.3, -0.25) is 15.1 Å². The first kappa shape index (κ1) is 14.7. The number of hydrogen-bond acceptors (Lipinski definition) is 7. The van der Waals surface area contributed by atoms with Gasteiger partial charge in [0.15, 0.2) is 0 Å². The minimum atomic E-state index is -0.466. The highest BCUT2D eigenvalue weighted by Crippen LogP contribution is 2.14. The normalized spacial score (nSPS) is 11.0. The maximum absolute atomic E-state index is 10.8. The van der Waals surface area contributed by atoms with E-state index in [2.05, 4.69) is 25.3 Å². The molecule has 2 heterocycles. The van der Waals surface area contributed by atoms with E-state index in [0.29, 0.717) is 17.1 Å². The van der Waals surface area contributed by atoms with E-state index < -0.39 is 4.92 Å². The lowest BCUT2D eigenvalue weighted by molar-refractivity contribution is -0.384. The van der Waals surface area contributed by atoms with E-state index in [1.54, 1.807) is 18.3 Å². The summed E-state index contributed by atoms with van der Waals surface area (Å²) in [5.41, 5.74) is 1.04. The molecule has 0 aliphatic rings. The van der Waals surface area contributed by atoms with Gasteiger partial charge in [-0.05, 0) is 12.2 Å². The SMILES string of the molecule is O=[N+]([O-])c1cccc(/C=N/n2c(-c3cnccn3)n[nH]c2=S)c1. The molecule has 9 nitrogen and oxygen atoms in total. The molecule has 0 atom stereocenters. The fraction of sp³-hybridized carbons (Fsp3) is 0. The Morgan fingerprint density at radius 3 is 3.00 bits per heavy atom. The summed E-state index contributed by atoms with van der Waals surface area (Å²) >= 11 is 5.13. The van der Waals surface area contributed by atoms with Crippen molar-refractivity contribution in [2.24, 2.45) is 5.10 Å². The molecule has 0 aliphatic heterocycles. The van der Waals surface area contributed by atoms with Crippen LogP contribution < -0.4 is 0 Å². The van der Waals surface area contributed by atoms with Gasteiger partial charge in [0.2, 0.25) is 10.6 Å². The Labute approximate surface area is 134 Å². The first-order chi connectivity index (χ1) is 11.1. The lowest BCUT2D eigenvalue weighted by Gasteiger charge is -1.99. The van der Waals surface area contributed by atoms with Crippen LogP contribution >= 0.6 is 12.2 Å². The van der Waals surface area contributed by atoms with Crippen LogP contribution in [0.3, 0.4) is 0 Å². The molecule has 23 heavy (non-hydrogen) atoms. The minimum Gasteiger partial charge on any atom is -0.261 e. The number of nitro benzene ring substituents is 1. The number of benzene rings is 1. The highest BCUT2D eigenvalue weighted by atomic mass is 32.1. The van der Waals surface area contributed by atoms with Gasteiger partial charge in [0.25, 0.3) is 5.69 Å². The molecule has 2 aromatic heterocycles. The molecule has 3 rings (SSSR count). The summed E-state index contributed by atoms with van der Waals surface area (Å²) in [6.45, 7) is 0. The third-order valence-electron chi connectivity index (χ3n) is 2.85. The minimum absolute atomic E-state index is 0.0149. The van der Waals surface area contributed by atoms with Gasteiger partial charge in [-0.25, -0.2) is 10.1 Å². The topological polar surface area (TPSA) is 115 Å². The maximum Gasteiger partial charge on any atom is 0.270 e. The quantitative estimate of drug-likeness (QED) is 0.340. The average Bonchev–Trinajstić information content (AvgIpc) is 2.95. The summed E-state index contributed by atoms with van der Waals surface area (Å²) in [4.78, 5) is 18.4. The summed E-state index contributed by atoms with van der Waals surface area (Å²) in [5, 5.41) is 21.7. The van der Waals surface area contributed by atoms with Crippen molar-refractivity contribution in [3.8, 4) is 11.5 Å². The lowest BCUT2D eigenvalue weighted by Crippen LogP contribution is -1.97. The molecule has 0 fully saturated rings. The van der Waals surface area contributed by atoms with Crippen molar-refractivity contribution >= 4 is 24.1 Å². The van der Waals surface area contributed by atoms with Crippen LogP contribution in [-0.4, -0.2) is 36.0 Å². The Balaban J connectivity index is 1.98. The predicted octanol–water partition coefficient (Wildman–Crippen LogP) is 2.19. The monoisotopic (exact) mass is 327 g/mol. The summed E-state index contributed by atoms with van der Waals surface area (Å²) < 4.78 is 1.64. The number of nitrogens with one attached hydrogen (secondary N) is 1. The maximum atomic E-state index is 10.8. The molecule has 0 saturated heterocycles. The van der Waals surface area contributed by atoms with Gasteiger partial charge in [0, 0.05) is 30.1 Å². The summed E-state index contributed by atoms with van der Waals surface area (Å²) in [5.74, 6) is 0.393. The van der Waals surface area contributed by atoms with Crippen molar-refractivity contribution in [1.29, 1.82) is 0 Å². The zero-order chi connectivity index (χ0) is 16.2. The molecular weight excluding hydrogens is 318 g/mol. The molecule has 0 aliphatic carbocycles. The smallest absolute Gasteiger partial charge is 0.261 e. The number of aromatic amines is 1. The molecule has 0 radical (unpaired) electrons. The van der Waals surface area contributed by atoms with Crippen LogP contribution in [0.25, 0.3) is 11.5 Å². The van der Waals surface area contributed by atoms with Gasteiger partial charge in [0.1, 0.15) is 5.69 Å². The van der Waals surface area contributed by atoms with E-state index in [4.69, 9.17) is 12.2 Å². The molecule has 3 aromatic rings. The highest BCUT2D eigenvalue weighted by molar-refractivity contribution is 7.71. The Hall–Kier alpha value is -3.27. The molecule has 0 spiro atoms. The number of H-pyrrole nitrogens is 1. The molecule has 0 unspecified atom stereocenters. The van der Waals surface area contributed by atoms with E-state index >= 15 is 0 Å². The number of non-ortho nitro benzene ring substituents is 1. The van der Waals surface area contributed by atoms with Gasteiger partial charge in [-0.15, -0.1) is 0 Å². The first-order valence-corrected chi connectivity index (χ1v) is 6.78. The van der Waals surface area contributed by atoms with E-state index in [-0.39, 0.29) is 10.5 Å². The van der Waals surface area contributed by atoms with E-state index in [9.17, 15) is 10.1 Å². The average molecular weight is 327 g/mol. The second-order valence-electron chi connectivity index (χ2n) is 4.35. The Morgan fingerprint density at radius 2 is 2.26 bits per heavy atom. The van der Waals surface area contributed by atoms with Crippen molar-refractivity contribution < 1.29 is 4.92 Å². The number of hydrogen-bond donors (Lipinski definition) is 1. The molecule has 0 saturated carbocycles. The van der Waals surface area contributed by atoms with Gasteiger partial charge in [-0.2, -0.15) is 14.9 Å². The van der Waals surface area contributed by atoms with E-state index in [1.807, 2.05) is 0 Å². The van der Waals surface area contributed by atoms with Crippen molar-refractivity contribution in [3.63, 3.8) is 0 Å². The van der Waals surface area contributed by atoms with Crippen LogP contribution in [0.2, 0.25) is 0 Å². The number of rotatable bonds is 4. The summed E-state index contributed by atoms with van der Waals surface area (Å²) in [6, 6.07) is 6.10. The van der Waals surface area contributed by atoms with Crippen molar-refractivity contribution in [2.45, 2.75) is 0 Å². The van der Waals surface area contributed by atoms with Crippen LogP contribution in [-0.2, 0) is 0 Å². The molecule has 114 valence electrons. The summed E-state index contributed by atoms with van der Waals surface area (Å²) in [6.07, 6.45) is 6.06.